The van der Waals surface area contributed by atoms with Gasteiger partial charge in [-0.2, -0.15) is 0 Å². The lowest BCUT2D eigenvalue weighted by molar-refractivity contribution is -0.125. The first-order valence-corrected chi connectivity index (χ1v) is 10.6. The van der Waals surface area contributed by atoms with E-state index in [1.807, 2.05) is 36.4 Å². The minimum atomic E-state index is -0.140. The fraction of sp³-hybridized carbons (Fsp3) is 0.300. The number of halogens is 2. The van der Waals surface area contributed by atoms with Crippen LogP contribution in [0.3, 0.4) is 0 Å². The normalized spacial score (nSPS) is 16.0. The topological polar surface area (TPSA) is 42.3 Å². The molecule has 1 aliphatic rings. The van der Waals surface area contributed by atoms with Crippen LogP contribution in [0, 0.1) is 5.92 Å². The first kappa shape index (κ1) is 18.7. The molecule has 4 nitrogen and oxygen atoms in total. The summed E-state index contributed by atoms with van der Waals surface area (Å²) in [5, 5.41) is 3.33. The Labute approximate surface area is 171 Å². The number of aromatic nitrogens is 1. The molecule has 1 saturated heterocycles. The van der Waals surface area contributed by atoms with E-state index in [4.69, 9.17) is 23.2 Å². The predicted molar refractivity (Wildman–Crippen MR) is 113 cm³/mol. The zero-order valence-corrected chi connectivity index (χ0v) is 17.1. The van der Waals surface area contributed by atoms with Crippen molar-refractivity contribution < 1.29 is 9.59 Å². The number of fused-ring (bicyclic) bond motifs is 3. The lowest BCUT2D eigenvalue weighted by Crippen LogP contribution is -2.34. The van der Waals surface area contributed by atoms with Gasteiger partial charge in [0.1, 0.15) is 0 Å². The molecule has 2 heterocycles. The maximum atomic E-state index is 12.0. The van der Waals surface area contributed by atoms with Crippen LogP contribution in [0.15, 0.2) is 36.4 Å². The average molecular weight is 421 g/mol. The minimum absolute atomic E-state index is 0.0933. The highest BCUT2D eigenvalue weighted by Gasteiger charge is 2.31. The van der Waals surface area contributed by atoms with Gasteiger partial charge in [0.2, 0.25) is 5.91 Å². The Hall–Kier alpha value is -1.69. The first-order valence-electron chi connectivity index (χ1n) is 8.82. The summed E-state index contributed by atoms with van der Waals surface area (Å²) >= 11 is 13.5. The second-order valence-corrected chi connectivity index (χ2v) is 8.57. The highest BCUT2D eigenvalue weighted by molar-refractivity contribution is 8.14. The standard InChI is InChI=1S/C20H18Cl2N2O2S/c1-2-12(10-24-19(25)11-27-20(24)26)9-23-17-5-3-13(21)7-15(17)16-8-14(22)4-6-18(16)23/h3-8,12H,2,9-11H2,1H3. The van der Waals surface area contributed by atoms with Crippen LogP contribution in [-0.4, -0.2) is 32.9 Å². The SMILES string of the molecule is CCC(CN1C(=O)CSC1=O)Cn1c2ccc(Cl)cc2c2cc(Cl)ccc21. The second kappa shape index (κ2) is 7.38. The molecule has 4 rings (SSSR count). The molecule has 1 atom stereocenters. The van der Waals surface area contributed by atoms with E-state index in [9.17, 15) is 9.59 Å². The summed E-state index contributed by atoms with van der Waals surface area (Å²) in [5.74, 6) is 0.327. The van der Waals surface area contributed by atoms with Gasteiger partial charge in [0.15, 0.2) is 0 Å². The molecule has 2 aromatic carbocycles. The van der Waals surface area contributed by atoms with Gasteiger partial charge in [-0.15, -0.1) is 0 Å². The number of hydrogen-bond acceptors (Lipinski definition) is 3. The highest BCUT2D eigenvalue weighted by atomic mass is 35.5. The number of thioether (sulfide) groups is 1. The van der Waals surface area contributed by atoms with Gasteiger partial charge in [0.25, 0.3) is 5.24 Å². The number of imide groups is 1. The number of carbonyl (C=O) groups is 2. The molecule has 3 aromatic rings. The summed E-state index contributed by atoms with van der Waals surface area (Å²) in [4.78, 5) is 25.3. The first-order chi connectivity index (χ1) is 13.0. The van der Waals surface area contributed by atoms with Crippen LogP contribution in [0.2, 0.25) is 10.0 Å². The van der Waals surface area contributed by atoms with Gasteiger partial charge in [-0.25, -0.2) is 0 Å². The minimum Gasteiger partial charge on any atom is -0.340 e. The van der Waals surface area contributed by atoms with E-state index in [-0.39, 0.29) is 22.8 Å². The van der Waals surface area contributed by atoms with Gasteiger partial charge in [-0.05, 0) is 48.7 Å². The molecule has 1 unspecified atom stereocenters. The number of amides is 2. The molecule has 0 spiro atoms. The van der Waals surface area contributed by atoms with Gasteiger partial charge < -0.3 is 4.57 Å². The van der Waals surface area contributed by atoms with E-state index in [2.05, 4.69) is 11.5 Å². The molecule has 1 aromatic heterocycles. The number of hydrogen-bond donors (Lipinski definition) is 0. The molecule has 0 radical (unpaired) electrons. The molecule has 27 heavy (non-hydrogen) atoms. The van der Waals surface area contributed by atoms with Crippen molar-refractivity contribution in [3.63, 3.8) is 0 Å². The zero-order valence-electron chi connectivity index (χ0n) is 14.7. The lowest BCUT2D eigenvalue weighted by Gasteiger charge is -2.22. The molecule has 2 amide bonds. The summed E-state index contributed by atoms with van der Waals surface area (Å²) in [6.07, 6.45) is 0.865. The van der Waals surface area contributed by atoms with Gasteiger partial charge >= 0.3 is 0 Å². The Bertz CT molecular complexity index is 988. The van der Waals surface area contributed by atoms with Crippen LogP contribution in [0.4, 0.5) is 4.79 Å². The summed E-state index contributed by atoms with van der Waals surface area (Å²) in [7, 11) is 0. The second-order valence-electron chi connectivity index (χ2n) is 6.77. The quantitative estimate of drug-likeness (QED) is 0.521. The van der Waals surface area contributed by atoms with Crippen molar-refractivity contribution in [3.8, 4) is 0 Å². The molecule has 0 bridgehead atoms. The highest BCUT2D eigenvalue weighted by Crippen LogP contribution is 2.34. The van der Waals surface area contributed by atoms with Gasteiger partial charge in [0, 0.05) is 44.9 Å². The Kier molecular flexibility index (Phi) is 5.10. The molecule has 140 valence electrons. The fourth-order valence-corrected chi connectivity index (χ4v) is 4.71. The van der Waals surface area contributed by atoms with Crippen LogP contribution in [-0.2, 0) is 11.3 Å². The fourth-order valence-electron chi connectivity index (χ4n) is 3.64. The van der Waals surface area contributed by atoms with Crippen molar-refractivity contribution >= 4 is 67.9 Å². The molecule has 1 aliphatic heterocycles. The number of carbonyl (C=O) groups excluding carboxylic acids is 2. The number of nitrogens with zero attached hydrogens (tertiary/aromatic N) is 2. The summed E-state index contributed by atoms with van der Waals surface area (Å²) in [6.45, 7) is 3.25. The third-order valence-electron chi connectivity index (χ3n) is 5.09. The molecule has 1 fully saturated rings. The van der Waals surface area contributed by atoms with Gasteiger partial charge in [-0.3, -0.25) is 14.5 Å². The van der Waals surface area contributed by atoms with E-state index >= 15 is 0 Å². The van der Waals surface area contributed by atoms with E-state index < -0.39 is 0 Å². The number of benzene rings is 2. The van der Waals surface area contributed by atoms with E-state index in [0.29, 0.717) is 23.1 Å². The Morgan fingerprint density at radius 2 is 1.59 bits per heavy atom. The Morgan fingerprint density at radius 1 is 1.00 bits per heavy atom. The molecule has 0 saturated carbocycles. The Balaban J connectivity index is 1.75. The van der Waals surface area contributed by atoms with Crippen molar-refractivity contribution in [2.45, 2.75) is 19.9 Å². The average Bonchev–Trinajstić information content (AvgIpc) is 3.12. The summed E-state index contributed by atoms with van der Waals surface area (Å²) in [5.41, 5.74) is 2.15. The summed E-state index contributed by atoms with van der Waals surface area (Å²) in [6, 6.07) is 11.7. The van der Waals surface area contributed by atoms with E-state index in [1.54, 1.807) is 0 Å². The van der Waals surface area contributed by atoms with Crippen LogP contribution >= 0.6 is 35.0 Å². The largest absolute Gasteiger partial charge is 0.340 e. The van der Waals surface area contributed by atoms with Crippen molar-refractivity contribution in [1.29, 1.82) is 0 Å². The maximum Gasteiger partial charge on any atom is 0.288 e. The van der Waals surface area contributed by atoms with Crippen LogP contribution < -0.4 is 0 Å². The van der Waals surface area contributed by atoms with E-state index in [0.717, 1.165) is 40.0 Å². The summed E-state index contributed by atoms with van der Waals surface area (Å²) < 4.78 is 2.24. The monoisotopic (exact) mass is 420 g/mol. The molecule has 7 heteroatoms. The molecular formula is C20H18Cl2N2O2S. The van der Waals surface area contributed by atoms with Crippen molar-refractivity contribution in [3.05, 3.63) is 46.4 Å². The lowest BCUT2D eigenvalue weighted by atomic mass is 10.1. The molecule has 0 aliphatic carbocycles. The van der Waals surface area contributed by atoms with Gasteiger partial charge in [0.05, 0.1) is 5.75 Å². The third-order valence-corrected chi connectivity index (χ3v) is 6.42. The Morgan fingerprint density at radius 3 is 2.07 bits per heavy atom. The van der Waals surface area contributed by atoms with Gasteiger partial charge in [-0.1, -0.05) is 41.9 Å². The third kappa shape index (κ3) is 3.44. The van der Waals surface area contributed by atoms with Crippen LogP contribution in [0.1, 0.15) is 13.3 Å². The number of rotatable bonds is 5. The molecule has 0 N–H and O–H groups in total. The van der Waals surface area contributed by atoms with Crippen molar-refractivity contribution in [2.24, 2.45) is 5.92 Å². The van der Waals surface area contributed by atoms with E-state index in [1.165, 1.54) is 4.90 Å². The smallest absolute Gasteiger partial charge is 0.288 e. The molecular weight excluding hydrogens is 403 g/mol. The van der Waals surface area contributed by atoms with Crippen LogP contribution in [0.5, 0.6) is 0 Å². The zero-order chi connectivity index (χ0) is 19.1. The van der Waals surface area contributed by atoms with Crippen LogP contribution in [0.25, 0.3) is 21.8 Å². The van der Waals surface area contributed by atoms with Crippen molar-refractivity contribution in [1.82, 2.24) is 9.47 Å². The van der Waals surface area contributed by atoms with Crippen molar-refractivity contribution in [2.75, 3.05) is 12.3 Å². The predicted octanol–water partition coefficient (Wildman–Crippen LogP) is 5.82. The maximum absolute atomic E-state index is 12.0.